The third kappa shape index (κ3) is 5.55. The number of carbonyl (C=O) groups excluding carboxylic acids is 2. The standard InChI is InChI=1S/C19H30N2O3/c1-7-19(5,6)21-18(23)16(13(3)4)20-17(22)14-11-9-10-12-15(14)24-8-2/h9-13,16H,7-8H2,1-6H3,(H,20,22)(H,21,23)/t16-/m0/s1. The van der Waals surface area contributed by atoms with Crippen molar-refractivity contribution >= 4 is 11.8 Å². The number of para-hydroxylation sites is 1. The van der Waals surface area contributed by atoms with Crippen LogP contribution in [0, 0.1) is 5.92 Å². The highest BCUT2D eigenvalue weighted by molar-refractivity contribution is 5.99. The van der Waals surface area contributed by atoms with Crippen LogP contribution in [0.3, 0.4) is 0 Å². The van der Waals surface area contributed by atoms with Gasteiger partial charge in [0.15, 0.2) is 0 Å². The van der Waals surface area contributed by atoms with Crippen molar-refractivity contribution in [3.8, 4) is 5.75 Å². The van der Waals surface area contributed by atoms with Crippen molar-refractivity contribution in [1.82, 2.24) is 10.6 Å². The van der Waals surface area contributed by atoms with Crippen LogP contribution in [-0.2, 0) is 4.79 Å². The lowest BCUT2D eigenvalue weighted by Crippen LogP contribution is -2.55. The van der Waals surface area contributed by atoms with Crippen LogP contribution in [-0.4, -0.2) is 30.0 Å². The monoisotopic (exact) mass is 334 g/mol. The fourth-order valence-corrected chi connectivity index (χ4v) is 2.19. The molecule has 1 atom stereocenters. The minimum atomic E-state index is -0.599. The number of rotatable bonds is 8. The van der Waals surface area contributed by atoms with E-state index in [0.29, 0.717) is 17.9 Å². The van der Waals surface area contributed by atoms with Crippen LogP contribution in [0.5, 0.6) is 5.75 Å². The zero-order valence-corrected chi connectivity index (χ0v) is 15.6. The van der Waals surface area contributed by atoms with E-state index in [0.717, 1.165) is 6.42 Å². The summed E-state index contributed by atoms with van der Waals surface area (Å²) >= 11 is 0. The largest absolute Gasteiger partial charge is 0.493 e. The van der Waals surface area contributed by atoms with Crippen molar-refractivity contribution in [2.75, 3.05) is 6.61 Å². The van der Waals surface area contributed by atoms with E-state index in [1.807, 2.05) is 47.6 Å². The van der Waals surface area contributed by atoms with Crippen LogP contribution in [0.2, 0.25) is 0 Å². The van der Waals surface area contributed by atoms with Gasteiger partial charge in [-0.2, -0.15) is 0 Å². The Morgan fingerprint density at radius 2 is 1.79 bits per heavy atom. The molecule has 0 saturated heterocycles. The zero-order valence-electron chi connectivity index (χ0n) is 15.6. The molecule has 0 radical (unpaired) electrons. The second-order valence-electron chi connectivity index (χ2n) is 6.85. The predicted molar refractivity (Wildman–Crippen MR) is 96.2 cm³/mol. The first kappa shape index (κ1) is 20.0. The number of hydrogen-bond donors (Lipinski definition) is 2. The molecule has 0 heterocycles. The second kappa shape index (κ2) is 8.71. The molecule has 1 aromatic carbocycles. The van der Waals surface area contributed by atoms with Gasteiger partial charge in [-0.15, -0.1) is 0 Å². The van der Waals surface area contributed by atoms with Crippen LogP contribution in [0.1, 0.15) is 58.3 Å². The smallest absolute Gasteiger partial charge is 0.255 e. The van der Waals surface area contributed by atoms with Crippen LogP contribution < -0.4 is 15.4 Å². The van der Waals surface area contributed by atoms with Crippen molar-refractivity contribution in [1.29, 1.82) is 0 Å². The molecule has 0 spiro atoms. The second-order valence-corrected chi connectivity index (χ2v) is 6.85. The van der Waals surface area contributed by atoms with Crippen molar-refractivity contribution in [2.45, 2.75) is 59.5 Å². The topological polar surface area (TPSA) is 67.4 Å². The first-order valence-corrected chi connectivity index (χ1v) is 8.56. The maximum Gasteiger partial charge on any atom is 0.255 e. The molecule has 0 bridgehead atoms. The molecule has 24 heavy (non-hydrogen) atoms. The summed E-state index contributed by atoms with van der Waals surface area (Å²) in [4.78, 5) is 25.2. The molecule has 0 aromatic heterocycles. The predicted octanol–water partition coefficient (Wildman–Crippen LogP) is 3.14. The van der Waals surface area contributed by atoms with Crippen molar-refractivity contribution < 1.29 is 14.3 Å². The fraction of sp³-hybridized carbons (Fsp3) is 0.579. The fourth-order valence-electron chi connectivity index (χ4n) is 2.19. The average molecular weight is 334 g/mol. The first-order chi connectivity index (χ1) is 11.2. The molecule has 0 aliphatic carbocycles. The van der Waals surface area contributed by atoms with Gasteiger partial charge in [0.05, 0.1) is 12.2 Å². The van der Waals surface area contributed by atoms with Crippen molar-refractivity contribution in [2.24, 2.45) is 5.92 Å². The minimum Gasteiger partial charge on any atom is -0.493 e. The first-order valence-electron chi connectivity index (χ1n) is 8.56. The number of ether oxygens (including phenoxy) is 1. The summed E-state index contributed by atoms with van der Waals surface area (Å²) in [6, 6.07) is 6.45. The molecule has 1 rings (SSSR count). The molecule has 1 aromatic rings. The van der Waals surface area contributed by atoms with Gasteiger partial charge in [0, 0.05) is 5.54 Å². The molecular formula is C19H30N2O3. The van der Waals surface area contributed by atoms with Gasteiger partial charge in [0.25, 0.3) is 5.91 Å². The Bertz CT molecular complexity index is 567. The van der Waals surface area contributed by atoms with E-state index >= 15 is 0 Å². The van der Waals surface area contributed by atoms with Crippen molar-refractivity contribution in [3.05, 3.63) is 29.8 Å². The van der Waals surface area contributed by atoms with Gasteiger partial charge in [0.1, 0.15) is 11.8 Å². The maximum absolute atomic E-state index is 12.6. The molecule has 0 saturated carbocycles. The van der Waals surface area contributed by atoms with E-state index in [2.05, 4.69) is 10.6 Å². The molecule has 0 aliphatic heterocycles. The quantitative estimate of drug-likeness (QED) is 0.767. The minimum absolute atomic E-state index is 0.0270. The van der Waals surface area contributed by atoms with Gasteiger partial charge in [-0.3, -0.25) is 9.59 Å². The third-order valence-corrected chi connectivity index (χ3v) is 4.01. The number of carbonyl (C=O) groups is 2. The lowest BCUT2D eigenvalue weighted by Gasteiger charge is -2.29. The summed E-state index contributed by atoms with van der Waals surface area (Å²) in [7, 11) is 0. The van der Waals surface area contributed by atoms with E-state index < -0.39 is 6.04 Å². The number of hydrogen-bond acceptors (Lipinski definition) is 3. The highest BCUT2D eigenvalue weighted by atomic mass is 16.5. The molecule has 5 nitrogen and oxygen atoms in total. The van der Waals surface area contributed by atoms with Gasteiger partial charge in [-0.1, -0.05) is 32.9 Å². The third-order valence-electron chi connectivity index (χ3n) is 4.01. The molecule has 0 fully saturated rings. The molecule has 0 aliphatic rings. The molecule has 134 valence electrons. The van der Waals surface area contributed by atoms with Crippen LogP contribution in [0.15, 0.2) is 24.3 Å². The number of nitrogens with one attached hydrogen (secondary N) is 2. The lowest BCUT2D eigenvalue weighted by atomic mass is 9.98. The summed E-state index contributed by atoms with van der Waals surface area (Å²) in [5.74, 6) is 0.0245. The summed E-state index contributed by atoms with van der Waals surface area (Å²) in [5.41, 5.74) is 0.130. The zero-order chi connectivity index (χ0) is 18.3. The Hall–Kier alpha value is -2.04. The Labute approximate surface area is 145 Å². The summed E-state index contributed by atoms with van der Waals surface area (Å²) < 4.78 is 5.50. The summed E-state index contributed by atoms with van der Waals surface area (Å²) in [6.45, 7) is 12.1. The molecule has 2 amide bonds. The highest BCUT2D eigenvalue weighted by Gasteiger charge is 2.29. The Morgan fingerprint density at radius 1 is 1.17 bits per heavy atom. The van der Waals surface area contributed by atoms with Gasteiger partial charge in [-0.25, -0.2) is 0 Å². The number of benzene rings is 1. The molecule has 0 unspecified atom stereocenters. The highest BCUT2D eigenvalue weighted by Crippen LogP contribution is 2.18. The molecule has 2 N–H and O–H groups in total. The average Bonchev–Trinajstić information content (AvgIpc) is 2.52. The maximum atomic E-state index is 12.6. The van der Waals surface area contributed by atoms with Gasteiger partial charge >= 0.3 is 0 Å². The van der Waals surface area contributed by atoms with E-state index in [1.165, 1.54) is 0 Å². The van der Waals surface area contributed by atoms with Crippen molar-refractivity contribution in [3.63, 3.8) is 0 Å². The SMILES string of the molecule is CCOc1ccccc1C(=O)N[C@H](C(=O)NC(C)(C)CC)C(C)C. The van der Waals surface area contributed by atoms with E-state index in [1.54, 1.807) is 18.2 Å². The summed E-state index contributed by atoms with van der Waals surface area (Å²) in [5, 5.41) is 5.85. The van der Waals surface area contributed by atoms with Crippen LogP contribution in [0.4, 0.5) is 0 Å². The number of amides is 2. The molecular weight excluding hydrogens is 304 g/mol. The molecule has 5 heteroatoms. The Kier molecular flexibility index (Phi) is 7.26. The normalized spacial score (nSPS) is 12.6. The Balaban J connectivity index is 2.93. The lowest BCUT2D eigenvalue weighted by molar-refractivity contribution is -0.125. The van der Waals surface area contributed by atoms with Gasteiger partial charge in [-0.05, 0) is 45.2 Å². The van der Waals surface area contributed by atoms with Crippen LogP contribution >= 0.6 is 0 Å². The van der Waals surface area contributed by atoms with Crippen LogP contribution in [0.25, 0.3) is 0 Å². The van der Waals surface area contributed by atoms with E-state index in [-0.39, 0.29) is 23.3 Å². The Morgan fingerprint density at radius 3 is 2.33 bits per heavy atom. The van der Waals surface area contributed by atoms with Gasteiger partial charge < -0.3 is 15.4 Å². The van der Waals surface area contributed by atoms with E-state index in [4.69, 9.17) is 4.74 Å². The van der Waals surface area contributed by atoms with E-state index in [9.17, 15) is 9.59 Å². The summed E-state index contributed by atoms with van der Waals surface area (Å²) in [6.07, 6.45) is 0.810. The van der Waals surface area contributed by atoms with Gasteiger partial charge in [0.2, 0.25) is 5.91 Å².